The summed E-state index contributed by atoms with van der Waals surface area (Å²) in [5.74, 6) is 0.183. The number of hydrogen-bond donors (Lipinski definition) is 0. The van der Waals surface area contributed by atoms with Crippen LogP contribution in [0.1, 0.15) is 50.4 Å². The molecule has 0 aliphatic heterocycles. The summed E-state index contributed by atoms with van der Waals surface area (Å²) < 4.78 is 1.62. The van der Waals surface area contributed by atoms with E-state index >= 15 is 0 Å². The summed E-state index contributed by atoms with van der Waals surface area (Å²) in [6.07, 6.45) is 9.19. The molecule has 0 saturated carbocycles. The van der Waals surface area contributed by atoms with Gasteiger partial charge in [-0.25, -0.2) is 4.98 Å². The lowest BCUT2D eigenvalue weighted by molar-refractivity contribution is 0.0707. The van der Waals surface area contributed by atoms with Crippen LogP contribution in [0.4, 0.5) is 0 Å². The molecule has 1 aromatic carbocycles. The van der Waals surface area contributed by atoms with Crippen molar-refractivity contribution < 1.29 is 4.79 Å². The van der Waals surface area contributed by atoms with Crippen LogP contribution in [0.5, 0.6) is 0 Å². The van der Waals surface area contributed by atoms with Crippen LogP contribution in [0.3, 0.4) is 0 Å². The number of unbranched alkanes of at least 4 members (excludes halogenated alkanes) is 1. The smallest absolute Gasteiger partial charge is 0.235 e. The van der Waals surface area contributed by atoms with Crippen molar-refractivity contribution in [1.29, 1.82) is 0 Å². The predicted octanol–water partition coefficient (Wildman–Crippen LogP) is 4.60. The van der Waals surface area contributed by atoms with Gasteiger partial charge in [0.2, 0.25) is 5.91 Å². The number of benzene rings is 1. The highest BCUT2D eigenvalue weighted by atomic mass is 16.2. The van der Waals surface area contributed by atoms with Crippen LogP contribution in [0.25, 0.3) is 0 Å². The molecule has 1 atom stereocenters. The topological polar surface area (TPSA) is 34.9 Å². The van der Waals surface area contributed by atoms with Gasteiger partial charge in [0.05, 0.1) is 0 Å². The molecule has 1 unspecified atom stereocenters. The Labute approximate surface area is 133 Å². The number of nitrogens with zero attached hydrogens (tertiary/aromatic N) is 2. The Hall–Kier alpha value is -1.90. The van der Waals surface area contributed by atoms with E-state index in [0.717, 1.165) is 25.7 Å². The highest BCUT2D eigenvalue weighted by molar-refractivity contribution is 5.81. The lowest BCUT2D eigenvalue weighted by Gasteiger charge is -2.29. The summed E-state index contributed by atoms with van der Waals surface area (Å²) >= 11 is 0. The van der Waals surface area contributed by atoms with E-state index in [4.69, 9.17) is 0 Å². The van der Waals surface area contributed by atoms with Crippen molar-refractivity contribution >= 4 is 5.91 Å². The van der Waals surface area contributed by atoms with Gasteiger partial charge >= 0.3 is 0 Å². The average Bonchev–Trinajstić information content (AvgIpc) is 3.00. The van der Waals surface area contributed by atoms with E-state index in [2.05, 4.69) is 50.0 Å². The molecule has 22 heavy (non-hydrogen) atoms. The number of imidazole rings is 1. The first-order valence-corrected chi connectivity index (χ1v) is 8.04. The highest BCUT2D eigenvalue weighted by Crippen LogP contribution is 2.31. The summed E-state index contributed by atoms with van der Waals surface area (Å²) in [5.41, 5.74) is 1.34. The van der Waals surface area contributed by atoms with Crippen molar-refractivity contribution in [3.63, 3.8) is 0 Å². The summed E-state index contributed by atoms with van der Waals surface area (Å²) in [7, 11) is 0. The molecule has 0 radical (unpaired) electrons. The fourth-order valence-corrected chi connectivity index (χ4v) is 2.82. The number of rotatable bonds is 6. The number of aromatic nitrogens is 2. The number of hydrogen-bond acceptors (Lipinski definition) is 2. The second kappa shape index (κ2) is 7.39. The lowest BCUT2D eigenvalue weighted by atomic mass is 9.77. The monoisotopic (exact) mass is 298 g/mol. The molecular weight excluding hydrogens is 272 g/mol. The molecule has 1 heterocycles. The third kappa shape index (κ3) is 4.55. The van der Waals surface area contributed by atoms with Gasteiger partial charge in [-0.05, 0) is 30.2 Å². The number of carbonyl (C=O) groups is 1. The van der Waals surface area contributed by atoms with Crippen molar-refractivity contribution in [2.45, 2.75) is 46.5 Å². The second-order valence-corrected chi connectivity index (χ2v) is 6.96. The quantitative estimate of drug-likeness (QED) is 0.731. The van der Waals surface area contributed by atoms with E-state index in [0.29, 0.717) is 0 Å². The minimum atomic E-state index is -0.0336. The van der Waals surface area contributed by atoms with Gasteiger partial charge in [-0.2, -0.15) is 0 Å². The van der Waals surface area contributed by atoms with E-state index < -0.39 is 0 Å². The third-order valence-corrected chi connectivity index (χ3v) is 4.15. The maximum Gasteiger partial charge on any atom is 0.235 e. The van der Waals surface area contributed by atoms with Gasteiger partial charge < -0.3 is 0 Å². The van der Waals surface area contributed by atoms with Crippen LogP contribution in [0.15, 0.2) is 49.1 Å². The molecule has 3 nitrogen and oxygen atoms in total. The van der Waals surface area contributed by atoms with Crippen LogP contribution in [-0.4, -0.2) is 15.5 Å². The summed E-state index contributed by atoms with van der Waals surface area (Å²) in [4.78, 5) is 16.6. The SMILES string of the molecule is CC(C)(C)C(CCCCc1ccccc1)C(=O)n1ccnc1. The minimum Gasteiger partial charge on any atom is -0.276 e. The Morgan fingerprint density at radius 2 is 1.91 bits per heavy atom. The van der Waals surface area contributed by atoms with E-state index in [9.17, 15) is 4.79 Å². The van der Waals surface area contributed by atoms with Gasteiger partial charge in [0.1, 0.15) is 6.33 Å². The van der Waals surface area contributed by atoms with E-state index in [1.54, 1.807) is 23.3 Å². The van der Waals surface area contributed by atoms with Gasteiger partial charge in [0.25, 0.3) is 0 Å². The molecule has 2 aromatic rings. The lowest BCUT2D eigenvalue weighted by Crippen LogP contribution is -2.32. The van der Waals surface area contributed by atoms with E-state index in [1.807, 2.05) is 6.07 Å². The first-order chi connectivity index (χ1) is 10.5. The first-order valence-electron chi connectivity index (χ1n) is 8.04. The molecule has 0 spiro atoms. The molecule has 0 N–H and O–H groups in total. The Morgan fingerprint density at radius 3 is 2.50 bits per heavy atom. The molecule has 2 rings (SSSR count). The van der Waals surface area contributed by atoms with Crippen LogP contribution >= 0.6 is 0 Å². The van der Waals surface area contributed by atoms with Crippen LogP contribution in [-0.2, 0) is 6.42 Å². The van der Waals surface area contributed by atoms with Crippen LogP contribution in [0.2, 0.25) is 0 Å². The van der Waals surface area contributed by atoms with Gasteiger partial charge in [-0.15, -0.1) is 0 Å². The fraction of sp³-hybridized carbons (Fsp3) is 0.474. The van der Waals surface area contributed by atoms with Gasteiger partial charge in [0, 0.05) is 18.3 Å². The summed E-state index contributed by atoms with van der Waals surface area (Å²) in [6, 6.07) is 10.5. The third-order valence-electron chi connectivity index (χ3n) is 4.15. The van der Waals surface area contributed by atoms with Crippen LogP contribution < -0.4 is 0 Å². The maximum absolute atomic E-state index is 12.6. The van der Waals surface area contributed by atoms with Crippen molar-refractivity contribution in [2.75, 3.05) is 0 Å². The molecule has 1 aromatic heterocycles. The molecule has 0 aliphatic rings. The molecule has 3 heteroatoms. The van der Waals surface area contributed by atoms with E-state index in [-0.39, 0.29) is 17.2 Å². The maximum atomic E-state index is 12.6. The largest absolute Gasteiger partial charge is 0.276 e. The normalized spacial score (nSPS) is 13.0. The zero-order valence-corrected chi connectivity index (χ0v) is 13.8. The van der Waals surface area contributed by atoms with Crippen LogP contribution in [0, 0.1) is 11.3 Å². The summed E-state index contributed by atoms with van der Waals surface area (Å²) in [6.45, 7) is 6.43. The molecule has 0 aliphatic carbocycles. The number of aryl methyl sites for hydroxylation is 1. The Balaban J connectivity index is 1.89. The minimum absolute atomic E-state index is 0.0254. The van der Waals surface area contributed by atoms with Gasteiger partial charge in [-0.3, -0.25) is 9.36 Å². The number of carbonyl (C=O) groups excluding carboxylic acids is 1. The first kappa shape index (κ1) is 16.5. The predicted molar refractivity (Wildman–Crippen MR) is 89.8 cm³/mol. The fourth-order valence-electron chi connectivity index (χ4n) is 2.82. The Kier molecular flexibility index (Phi) is 5.53. The van der Waals surface area contributed by atoms with Gasteiger partial charge in [0.15, 0.2) is 0 Å². The molecule has 0 bridgehead atoms. The standard InChI is InChI=1S/C19H26N2O/c1-19(2,3)17(18(22)21-14-13-20-15-21)12-8-7-11-16-9-5-4-6-10-16/h4-6,9-10,13-15,17H,7-8,11-12H2,1-3H3. The zero-order valence-electron chi connectivity index (χ0n) is 13.8. The molecule has 0 fully saturated rings. The van der Waals surface area contributed by atoms with Crippen molar-refractivity contribution in [3.8, 4) is 0 Å². The second-order valence-electron chi connectivity index (χ2n) is 6.96. The highest BCUT2D eigenvalue weighted by Gasteiger charge is 2.31. The Bertz CT molecular complexity index is 567. The van der Waals surface area contributed by atoms with Gasteiger partial charge in [-0.1, -0.05) is 57.5 Å². The van der Waals surface area contributed by atoms with Crippen molar-refractivity contribution in [1.82, 2.24) is 9.55 Å². The van der Waals surface area contributed by atoms with Crippen molar-refractivity contribution in [2.24, 2.45) is 11.3 Å². The van der Waals surface area contributed by atoms with Crippen molar-refractivity contribution in [3.05, 3.63) is 54.6 Å². The molecule has 0 saturated heterocycles. The molecule has 0 amide bonds. The van der Waals surface area contributed by atoms with E-state index in [1.165, 1.54) is 5.56 Å². The average molecular weight is 298 g/mol. The zero-order chi connectivity index (χ0) is 16.0. The summed E-state index contributed by atoms with van der Waals surface area (Å²) in [5, 5.41) is 0. The molecular formula is C19H26N2O. The molecule has 118 valence electrons. The Morgan fingerprint density at radius 1 is 1.18 bits per heavy atom.